The van der Waals surface area contributed by atoms with Crippen LogP contribution >= 0.6 is 11.3 Å². The maximum atomic E-state index is 10.5. The largest absolute Gasteiger partial charge is 0.388 e. The number of hydrogen-bond acceptors (Lipinski definition) is 2. The van der Waals surface area contributed by atoms with Gasteiger partial charge in [-0.1, -0.05) is 26.8 Å². The van der Waals surface area contributed by atoms with Crippen molar-refractivity contribution in [3.63, 3.8) is 0 Å². The van der Waals surface area contributed by atoms with Crippen molar-refractivity contribution >= 4 is 11.3 Å². The third-order valence-corrected chi connectivity index (χ3v) is 5.66. The van der Waals surface area contributed by atoms with Crippen molar-refractivity contribution in [1.82, 2.24) is 4.57 Å². The van der Waals surface area contributed by atoms with Crippen LogP contribution in [0, 0.1) is 12.3 Å². The van der Waals surface area contributed by atoms with Crippen LogP contribution in [0.2, 0.25) is 0 Å². The van der Waals surface area contributed by atoms with Gasteiger partial charge in [-0.25, -0.2) is 0 Å². The summed E-state index contributed by atoms with van der Waals surface area (Å²) in [5, 5.41) is 12.7. The molecule has 0 saturated carbocycles. The van der Waals surface area contributed by atoms with E-state index < -0.39 is 0 Å². The molecule has 2 heterocycles. The molecule has 0 aromatic carbocycles. The Bertz CT molecular complexity index is 624. The number of aliphatic hydroxyl groups excluding tert-OH is 1. The van der Waals surface area contributed by atoms with Crippen molar-refractivity contribution in [2.45, 2.75) is 59.1 Å². The predicted octanol–water partition coefficient (Wildman–Crippen LogP) is 4.86. The SMILES string of the molecule is CCC(c1cccs1)n1c(C)cc2c1CC(C)(C)CC2O. The van der Waals surface area contributed by atoms with Crippen molar-refractivity contribution < 1.29 is 5.11 Å². The first-order valence-electron chi connectivity index (χ1n) is 7.85. The minimum atomic E-state index is -0.315. The number of fused-ring (bicyclic) bond motifs is 1. The fourth-order valence-corrected chi connectivity index (χ4v) is 4.69. The Kier molecular flexibility index (Phi) is 3.74. The van der Waals surface area contributed by atoms with E-state index >= 15 is 0 Å². The van der Waals surface area contributed by atoms with E-state index in [0.29, 0.717) is 6.04 Å². The van der Waals surface area contributed by atoms with Crippen LogP contribution in [0.15, 0.2) is 23.6 Å². The van der Waals surface area contributed by atoms with E-state index in [4.69, 9.17) is 0 Å². The lowest BCUT2D eigenvalue weighted by Gasteiger charge is -2.35. The van der Waals surface area contributed by atoms with Crippen LogP contribution in [0.25, 0.3) is 0 Å². The molecule has 1 N–H and O–H groups in total. The van der Waals surface area contributed by atoms with E-state index in [1.165, 1.54) is 16.3 Å². The van der Waals surface area contributed by atoms with Crippen LogP contribution in [0.3, 0.4) is 0 Å². The number of aromatic nitrogens is 1. The summed E-state index contributed by atoms with van der Waals surface area (Å²) in [6.07, 6.45) is 2.68. The summed E-state index contributed by atoms with van der Waals surface area (Å²) < 4.78 is 2.48. The van der Waals surface area contributed by atoms with Gasteiger partial charge in [-0.15, -0.1) is 11.3 Å². The first kappa shape index (κ1) is 14.9. The van der Waals surface area contributed by atoms with Crippen molar-refractivity contribution in [1.29, 1.82) is 0 Å². The van der Waals surface area contributed by atoms with Gasteiger partial charge in [-0.3, -0.25) is 0 Å². The molecule has 0 amide bonds. The molecule has 2 atom stereocenters. The number of aliphatic hydroxyl groups is 1. The summed E-state index contributed by atoms with van der Waals surface area (Å²) in [6, 6.07) is 6.96. The monoisotopic (exact) mass is 303 g/mol. The highest BCUT2D eigenvalue weighted by molar-refractivity contribution is 7.10. The summed E-state index contributed by atoms with van der Waals surface area (Å²) in [5.74, 6) is 0. The fourth-order valence-electron chi connectivity index (χ4n) is 3.79. The Morgan fingerprint density at radius 1 is 1.48 bits per heavy atom. The quantitative estimate of drug-likeness (QED) is 0.860. The van der Waals surface area contributed by atoms with Gasteiger partial charge in [-0.2, -0.15) is 0 Å². The Labute approximate surface area is 131 Å². The average Bonchev–Trinajstić information content (AvgIpc) is 3.00. The van der Waals surface area contributed by atoms with Crippen molar-refractivity contribution in [2.24, 2.45) is 5.41 Å². The molecule has 1 aliphatic rings. The maximum absolute atomic E-state index is 10.5. The summed E-state index contributed by atoms with van der Waals surface area (Å²) >= 11 is 1.83. The molecule has 1 aliphatic carbocycles. The van der Waals surface area contributed by atoms with Gasteiger partial charge in [0.1, 0.15) is 0 Å². The van der Waals surface area contributed by atoms with Crippen molar-refractivity contribution in [2.75, 3.05) is 0 Å². The van der Waals surface area contributed by atoms with Gasteiger partial charge in [0, 0.05) is 21.8 Å². The molecular formula is C18H25NOS. The van der Waals surface area contributed by atoms with Gasteiger partial charge >= 0.3 is 0 Å². The molecule has 21 heavy (non-hydrogen) atoms. The third-order valence-electron chi connectivity index (χ3n) is 4.69. The second kappa shape index (κ2) is 5.29. The van der Waals surface area contributed by atoms with Crippen LogP contribution in [-0.4, -0.2) is 9.67 Å². The van der Waals surface area contributed by atoms with Crippen LogP contribution in [0.4, 0.5) is 0 Å². The Morgan fingerprint density at radius 2 is 2.24 bits per heavy atom. The molecule has 2 aromatic heterocycles. The van der Waals surface area contributed by atoms with Gasteiger partial charge in [0.2, 0.25) is 0 Å². The summed E-state index contributed by atoms with van der Waals surface area (Å²) in [7, 11) is 0. The van der Waals surface area contributed by atoms with E-state index in [1.807, 2.05) is 11.3 Å². The van der Waals surface area contributed by atoms with E-state index in [0.717, 1.165) is 24.8 Å². The van der Waals surface area contributed by atoms with E-state index in [9.17, 15) is 5.11 Å². The maximum Gasteiger partial charge on any atom is 0.0812 e. The smallest absolute Gasteiger partial charge is 0.0812 e. The topological polar surface area (TPSA) is 25.2 Å². The minimum absolute atomic E-state index is 0.169. The molecule has 0 radical (unpaired) electrons. The Morgan fingerprint density at radius 3 is 2.86 bits per heavy atom. The zero-order valence-electron chi connectivity index (χ0n) is 13.4. The standard InChI is InChI=1S/C18H25NOS/c1-5-14(17-7-6-8-21-17)19-12(2)9-13-15(19)10-18(3,4)11-16(13)20/h6-9,14,16,20H,5,10-11H2,1-4H3. The minimum Gasteiger partial charge on any atom is -0.388 e. The lowest BCUT2D eigenvalue weighted by Crippen LogP contribution is -2.28. The summed E-state index contributed by atoms with van der Waals surface area (Å²) in [5.41, 5.74) is 3.94. The zero-order chi connectivity index (χ0) is 15.2. The molecule has 2 aromatic rings. The molecule has 0 aliphatic heterocycles. The Hall–Kier alpha value is -1.06. The van der Waals surface area contributed by atoms with Crippen LogP contribution in [-0.2, 0) is 6.42 Å². The highest BCUT2D eigenvalue weighted by Gasteiger charge is 2.35. The van der Waals surface area contributed by atoms with Gasteiger partial charge in [0.05, 0.1) is 12.1 Å². The fraction of sp³-hybridized carbons (Fsp3) is 0.556. The predicted molar refractivity (Wildman–Crippen MR) is 89.0 cm³/mol. The second-order valence-electron chi connectivity index (χ2n) is 7.06. The van der Waals surface area contributed by atoms with E-state index in [1.54, 1.807) is 0 Å². The van der Waals surface area contributed by atoms with Crippen LogP contribution < -0.4 is 0 Å². The van der Waals surface area contributed by atoms with Crippen LogP contribution in [0.5, 0.6) is 0 Å². The number of nitrogens with zero attached hydrogens (tertiary/aromatic N) is 1. The Balaban J connectivity index is 2.12. The number of hydrogen-bond donors (Lipinski definition) is 1. The first-order chi connectivity index (χ1) is 9.93. The second-order valence-corrected chi connectivity index (χ2v) is 8.04. The zero-order valence-corrected chi connectivity index (χ0v) is 14.2. The first-order valence-corrected chi connectivity index (χ1v) is 8.73. The van der Waals surface area contributed by atoms with E-state index in [-0.39, 0.29) is 11.5 Å². The highest BCUT2D eigenvalue weighted by atomic mass is 32.1. The van der Waals surface area contributed by atoms with Gasteiger partial charge in [0.15, 0.2) is 0 Å². The van der Waals surface area contributed by atoms with E-state index in [2.05, 4.69) is 55.8 Å². The van der Waals surface area contributed by atoms with Gasteiger partial charge < -0.3 is 9.67 Å². The van der Waals surface area contributed by atoms with Gasteiger partial charge in [-0.05, 0) is 49.1 Å². The molecule has 2 nitrogen and oxygen atoms in total. The molecular weight excluding hydrogens is 278 g/mol. The molecule has 2 unspecified atom stereocenters. The molecule has 0 spiro atoms. The number of aryl methyl sites for hydroxylation is 1. The average molecular weight is 303 g/mol. The van der Waals surface area contributed by atoms with Gasteiger partial charge in [0.25, 0.3) is 0 Å². The third kappa shape index (κ3) is 2.58. The number of thiophene rings is 1. The summed E-state index contributed by atoms with van der Waals surface area (Å²) in [4.78, 5) is 1.41. The normalized spacial score (nSPS) is 22.0. The molecule has 0 fully saturated rings. The summed E-state index contributed by atoms with van der Waals surface area (Å²) in [6.45, 7) is 8.95. The van der Waals surface area contributed by atoms with Crippen molar-refractivity contribution in [3.8, 4) is 0 Å². The number of rotatable bonds is 3. The highest BCUT2D eigenvalue weighted by Crippen LogP contribution is 2.44. The lowest BCUT2D eigenvalue weighted by atomic mass is 9.75. The van der Waals surface area contributed by atoms with Crippen LogP contribution in [0.1, 0.15) is 67.6 Å². The van der Waals surface area contributed by atoms with Crippen molar-refractivity contribution in [3.05, 3.63) is 45.4 Å². The lowest BCUT2D eigenvalue weighted by molar-refractivity contribution is 0.0976. The molecule has 0 bridgehead atoms. The molecule has 3 heteroatoms. The molecule has 0 saturated heterocycles. The molecule has 3 rings (SSSR count). The molecule has 114 valence electrons.